The smallest absolute Gasteiger partial charge is 0.328 e. The number of piperidine rings is 1. The van der Waals surface area contributed by atoms with Crippen molar-refractivity contribution in [2.75, 3.05) is 52.1 Å². The summed E-state index contributed by atoms with van der Waals surface area (Å²) in [6.45, 7) is 5.01. The number of hydrogen-bond donors (Lipinski definition) is 0. The van der Waals surface area contributed by atoms with Gasteiger partial charge in [-0.05, 0) is 37.5 Å². The highest BCUT2D eigenvalue weighted by Gasteiger charge is 2.36. The highest BCUT2D eigenvalue weighted by molar-refractivity contribution is 7.88. The van der Waals surface area contributed by atoms with Crippen molar-refractivity contribution in [1.82, 2.24) is 14.1 Å². The lowest BCUT2D eigenvalue weighted by Gasteiger charge is -2.40. The Morgan fingerprint density at radius 2 is 1.65 bits per heavy atom. The molecule has 0 spiro atoms. The van der Waals surface area contributed by atoms with Crippen LogP contribution >= 0.6 is 11.6 Å². The first-order chi connectivity index (χ1) is 14.7. The van der Waals surface area contributed by atoms with E-state index in [1.807, 2.05) is 21.9 Å². The fourth-order valence-corrected chi connectivity index (χ4v) is 5.26. The molecule has 2 heterocycles. The van der Waals surface area contributed by atoms with E-state index in [1.165, 1.54) is 10.6 Å². The van der Waals surface area contributed by atoms with Gasteiger partial charge in [0.25, 0.3) is 0 Å². The lowest BCUT2D eigenvalue weighted by Crippen LogP contribution is -2.53. The van der Waals surface area contributed by atoms with Crippen molar-refractivity contribution in [3.05, 3.63) is 34.9 Å². The maximum Gasteiger partial charge on any atom is 0.328 e. The standard InChI is InChI=1S/C21H30ClN3O5S/c1-3-30-21(27)19(16-4-6-18(22)7-5-16)23-12-14-24(15-13-23)20(26)17-8-10-25(11-9-17)31(2,28)29/h4-7,17,19H,3,8-15H2,1-2H3/t19-/m1/s1. The van der Waals surface area contributed by atoms with Crippen LogP contribution in [0.15, 0.2) is 24.3 Å². The van der Waals surface area contributed by atoms with Gasteiger partial charge in [-0.1, -0.05) is 23.7 Å². The molecule has 0 bridgehead atoms. The van der Waals surface area contributed by atoms with Crippen molar-refractivity contribution in [2.24, 2.45) is 5.92 Å². The Morgan fingerprint density at radius 3 is 2.16 bits per heavy atom. The number of amides is 1. The largest absolute Gasteiger partial charge is 0.465 e. The molecule has 2 aliphatic rings. The number of hydrogen-bond acceptors (Lipinski definition) is 6. The summed E-state index contributed by atoms with van der Waals surface area (Å²) in [5.41, 5.74) is 0.816. The predicted molar refractivity (Wildman–Crippen MR) is 118 cm³/mol. The Labute approximate surface area is 189 Å². The Kier molecular flexibility index (Phi) is 7.96. The van der Waals surface area contributed by atoms with Gasteiger partial charge in [0, 0.05) is 50.2 Å². The van der Waals surface area contributed by atoms with E-state index in [2.05, 4.69) is 0 Å². The number of sulfonamides is 1. The van der Waals surface area contributed by atoms with Gasteiger partial charge in [-0.3, -0.25) is 9.69 Å². The van der Waals surface area contributed by atoms with Gasteiger partial charge >= 0.3 is 5.97 Å². The molecule has 0 aromatic heterocycles. The zero-order valence-corrected chi connectivity index (χ0v) is 19.6. The number of piperazine rings is 1. The summed E-state index contributed by atoms with van der Waals surface area (Å²) in [5, 5.41) is 0.601. The van der Waals surface area contributed by atoms with Gasteiger partial charge in [0.05, 0.1) is 12.9 Å². The second-order valence-electron chi connectivity index (χ2n) is 8.00. The minimum Gasteiger partial charge on any atom is -0.465 e. The van der Waals surface area contributed by atoms with Crippen molar-refractivity contribution in [3.63, 3.8) is 0 Å². The van der Waals surface area contributed by atoms with Crippen molar-refractivity contribution >= 4 is 33.5 Å². The molecular weight excluding hydrogens is 442 g/mol. The molecule has 10 heteroatoms. The zero-order chi connectivity index (χ0) is 22.6. The van der Waals surface area contributed by atoms with Gasteiger partial charge in [0.2, 0.25) is 15.9 Å². The SMILES string of the molecule is CCOC(=O)[C@@H](c1ccc(Cl)cc1)N1CCN(C(=O)C2CCN(S(C)(=O)=O)CC2)CC1. The fraction of sp³-hybridized carbons (Fsp3) is 0.619. The van der Waals surface area contributed by atoms with Crippen molar-refractivity contribution < 1.29 is 22.7 Å². The topological polar surface area (TPSA) is 87.2 Å². The normalized spacial score (nSPS) is 20.4. The molecule has 8 nitrogen and oxygen atoms in total. The van der Waals surface area contributed by atoms with Crippen molar-refractivity contribution in [3.8, 4) is 0 Å². The summed E-state index contributed by atoms with van der Waals surface area (Å²) < 4.78 is 30.1. The highest BCUT2D eigenvalue weighted by Crippen LogP contribution is 2.27. The Bertz CT molecular complexity index is 877. The van der Waals surface area contributed by atoms with Crippen LogP contribution in [0.3, 0.4) is 0 Å². The first-order valence-electron chi connectivity index (χ1n) is 10.6. The molecule has 0 unspecified atom stereocenters. The quantitative estimate of drug-likeness (QED) is 0.587. The second-order valence-corrected chi connectivity index (χ2v) is 10.4. The van der Waals surface area contributed by atoms with E-state index in [0.29, 0.717) is 63.7 Å². The number of benzene rings is 1. The summed E-state index contributed by atoms with van der Waals surface area (Å²) in [5.74, 6) is -0.383. The average molecular weight is 472 g/mol. The number of rotatable bonds is 6. The number of esters is 1. The number of halogens is 1. The molecule has 1 atom stereocenters. The lowest BCUT2D eigenvalue weighted by atomic mass is 9.96. The van der Waals surface area contributed by atoms with Crippen LogP contribution in [0.1, 0.15) is 31.4 Å². The van der Waals surface area contributed by atoms with Crippen LogP contribution in [0, 0.1) is 5.92 Å². The average Bonchev–Trinajstić information content (AvgIpc) is 2.75. The van der Waals surface area contributed by atoms with E-state index in [1.54, 1.807) is 19.1 Å². The van der Waals surface area contributed by atoms with E-state index in [0.717, 1.165) is 5.56 Å². The third-order valence-corrected chi connectivity index (χ3v) is 7.51. The Hall–Kier alpha value is -1.68. The highest BCUT2D eigenvalue weighted by atomic mass is 35.5. The number of ether oxygens (including phenoxy) is 1. The van der Waals surface area contributed by atoms with Crippen LogP contribution in [-0.2, 0) is 24.3 Å². The molecule has 1 aromatic rings. The first-order valence-corrected chi connectivity index (χ1v) is 12.8. The molecule has 1 amide bonds. The summed E-state index contributed by atoms with van der Waals surface area (Å²) in [4.78, 5) is 29.5. The lowest BCUT2D eigenvalue weighted by molar-refractivity contribution is -0.151. The van der Waals surface area contributed by atoms with E-state index >= 15 is 0 Å². The second kappa shape index (κ2) is 10.3. The zero-order valence-electron chi connectivity index (χ0n) is 18.0. The Balaban J connectivity index is 1.61. The number of carbonyl (C=O) groups is 2. The third-order valence-electron chi connectivity index (χ3n) is 5.96. The monoisotopic (exact) mass is 471 g/mol. The minimum atomic E-state index is -3.21. The molecule has 0 aliphatic carbocycles. The summed E-state index contributed by atoms with van der Waals surface area (Å²) in [7, 11) is -3.21. The molecule has 2 saturated heterocycles. The van der Waals surface area contributed by atoms with E-state index in [9.17, 15) is 18.0 Å². The van der Waals surface area contributed by atoms with Crippen LogP contribution in [-0.4, -0.2) is 86.5 Å². The summed E-state index contributed by atoms with van der Waals surface area (Å²) in [6, 6.07) is 6.64. The van der Waals surface area contributed by atoms with Crippen LogP contribution < -0.4 is 0 Å². The number of nitrogens with zero attached hydrogens (tertiary/aromatic N) is 3. The van der Waals surface area contributed by atoms with Crippen LogP contribution in [0.25, 0.3) is 0 Å². The van der Waals surface area contributed by atoms with Gasteiger partial charge in [0.1, 0.15) is 6.04 Å². The fourth-order valence-electron chi connectivity index (χ4n) is 4.26. The molecule has 172 valence electrons. The molecule has 2 fully saturated rings. The van der Waals surface area contributed by atoms with Gasteiger partial charge < -0.3 is 9.64 Å². The maximum absolute atomic E-state index is 13.0. The first kappa shape index (κ1) is 24.0. The van der Waals surface area contributed by atoms with E-state index in [4.69, 9.17) is 16.3 Å². The van der Waals surface area contributed by atoms with Gasteiger partial charge in [-0.15, -0.1) is 0 Å². The molecule has 0 saturated carbocycles. The summed E-state index contributed by atoms with van der Waals surface area (Å²) in [6.07, 6.45) is 2.29. The minimum absolute atomic E-state index is 0.0759. The molecule has 3 rings (SSSR count). The molecule has 1 aromatic carbocycles. The third kappa shape index (κ3) is 5.97. The van der Waals surface area contributed by atoms with Crippen LogP contribution in [0.2, 0.25) is 5.02 Å². The summed E-state index contributed by atoms with van der Waals surface area (Å²) >= 11 is 5.99. The Morgan fingerprint density at radius 1 is 1.06 bits per heavy atom. The number of carbonyl (C=O) groups excluding carboxylic acids is 2. The molecular formula is C21H30ClN3O5S. The predicted octanol–water partition coefficient (Wildman–Crippen LogP) is 1.76. The van der Waals surface area contributed by atoms with E-state index < -0.39 is 16.1 Å². The molecule has 0 N–H and O–H groups in total. The van der Waals surface area contributed by atoms with Crippen molar-refractivity contribution in [1.29, 1.82) is 0 Å². The van der Waals surface area contributed by atoms with Crippen LogP contribution in [0.4, 0.5) is 0 Å². The van der Waals surface area contributed by atoms with Gasteiger partial charge in [-0.25, -0.2) is 17.5 Å². The molecule has 2 aliphatic heterocycles. The van der Waals surface area contributed by atoms with Gasteiger partial charge in [-0.2, -0.15) is 0 Å². The van der Waals surface area contributed by atoms with Crippen LogP contribution in [0.5, 0.6) is 0 Å². The maximum atomic E-state index is 13.0. The van der Waals surface area contributed by atoms with E-state index in [-0.39, 0.29) is 17.8 Å². The van der Waals surface area contributed by atoms with Crippen molar-refractivity contribution in [2.45, 2.75) is 25.8 Å². The van der Waals surface area contributed by atoms with Gasteiger partial charge in [0.15, 0.2) is 0 Å². The molecule has 31 heavy (non-hydrogen) atoms. The molecule has 0 radical (unpaired) electrons.